The summed E-state index contributed by atoms with van der Waals surface area (Å²) >= 11 is 0. The number of aliphatic hydroxyl groups is 2. The van der Waals surface area contributed by atoms with Gasteiger partial charge in [0.25, 0.3) is 0 Å². The molecule has 0 aromatic rings. The van der Waals surface area contributed by atoms with Crippen LogP contribution < -0.4 is 10.6 Å². The zero-order valence-corrected chi connectivity index (χ0v) is 11.6. The molecule has 0 bridgehead atoms. The van der Waals surface area contributed by atoms with E-state index >= 15 is 0 Å². The van der Waals surface area contributed by atoms with Gasteiger partial charge in [-0.1, -0.05) is 0 Å². The molecule has 0 fully saturated rings. The van der Waals surface area contributed by atoms with Gasteiger partial charge in [-0.2, -0.15) is 0 Å². The molecule has 0 aliphatic rings. The van der Waals surface area contributed by atoms with Crippen LogP contribution in [-0.4, -0.2) is 64.2 Å². The highest BCUT2D eigenvalue weighted by Gasteiger charge is 2.20. The van der Waals surface area contributed by atoms with Crippen molar-refractivity contribution in [3.63, 3.8) is 0 Å². The molecule has 6 N–H and O–H groups in total. The maximum atomic E-state index is 11.3. The fourth-order valence-electron chi connectivity index (χ4n) is 1.34. The van der Waals surface area contributed by atoms with Crippen LogP contribution in [0.1, 0.15) is 13.3 Å². The van der Waals surface area contributed by atoms with E-state index in [2.05, 4.69) is 10.6 Å². The van der Waals surface area contributed by atoms with E-state index in [9.17, 15) is 14.4 Å². The fraction of sp³-hybridized carbons (Fsp3) is 0.583. The monoisotopic (exact) mass is 304 g/mol. The average molecular weight is 304 g/mol. The second-order valence-electron chi connectivity index (χ2n) is 4.39. The highest BCUT2D eigenvalue weighted by atomic mass is 16.5. The SMILES string of the molecule is C/C(=C\C(=O)NCCNCC(CC(=O)O)C(=O)O)C(O)O. The van der Waals surface area contributed by atoms with Crippen LogP contribution >= 0.6 is 0 Å². The van der Waals surface area contributed by atoms with Crippen LogP contribution in [0.15, 0.2) is 11.6 Å². The van der Waals surface area contributed by atoms with E-state index in [0.717, 1.165) is 6.08 Å². The van der Waals surface area contributed by atoms with E-state index < -0.39 is 36.5 Å². The van der Waals surface area contributed by atoms with Crippen molar-refractivity contribution in [2.24, 2.45) is 5.92 Å². The Kier molecular flexibility index (Phi) is 8.93. The Morgan fingerprint density at radius 2 is 1.76 bits per heavy atom. The minimum Gasteiger partial charge on any atom is -0.481 e. The molecule has 0 spiro atoms. The lowest BCUT2D eigenvalue weighted by atomic mass is 10.1. The smallest absolute Gasteiger partial charge is 0.308 e. The van der Waals surface area contributed by atoms with Gasteiger partial charge in [0.1, 0.15) is 0 Å². The molecule has 1 unspecified atom stereocenters. The Bertz CT molecular complexity index is 406. The van der Waals surface area contributed by atoms with Crippen LogP contribution in [0.25, 0.3) is 0 Å². The molecular formula is C12H20N2O7. The molecule has 9 nitrogen and oxygen atoms in total. The second kappa shape index (κ2) is 9.86. The van der Waals surface area contributed by atoms with Gasteiger partial charge in [-0.25, -0.2) is 0 Å². The van der Waals surface area contributed by atoms with Gasteiger partial charge in [0.15, 0.2) is 6.29 Å². The van der Waals surface area contributed by atoms with Crippen molar-refractivity contribution in [3.05, 3.63) is 11.6 Å². The number of nitrogens with one attached hydrogen (secondary N) is 2. The molecule has 0 aromatic heterocycles. The Balaban J connectivity index is 3.95. The van der Waals surface area contributed by atoms with Crippen LogP contribution in [0.3, 0.4) is 0 Å². The topological polar surface area (TPSA) is 156 Å². The van der Waals surface area contributed by atoms with E-state index in [1.165, 1.54) is 6.92 Å². The number of carboxylic acid groups (broad SMARTS) is 2. The molecule has 21 heavy (non-hydrogen) atoms. The van der Waals surface area contributed by atoms with Crippen LogP contribution in [0.2, 0.25) is 0 Å². The third-order valence-corrected chi connectivity index (χ3v) is 2.53. The van der Waals surface area contributed by atoms with Crippen molar-refractivity contribution in [3.8, 4) is 0 Å². The molecule has 0 aliphatic heterocycles. The number of hydrogen-bond acceptors (Lipinski definition) is 6. The molecule has 0 rings (SSSR count). The Hall–Kier alpha value is -1.97. The highest BCUT2D eigenvalue weighted by Crippen LogP contribution is 2.01. The minimum atomic E-state index is -1.69. The van der Waals surface area contributed by atoms with E-state index in [1.54, 1.807) is 0 Å². The van der Waals surface area contributed by atoms with Crippen molar-refractivity contribution in [2.45, 2.75) is 19.6 Å². The van der Waals surface area contributed by atoms with Gasteiger partial charge in [-0.15, -0.1) is 0 Å². The third kappa shape index (κ3) is 9.55. The summed E-state index contributed by atoms with van der Waals surface area (Å²) in [7, 11) is 0. The minimum absolute atomic E-state index is 0.0261. The van der Waals surface area contributed by atoms with E-state index in [4.69, 9.17) is 20.4 Å². The number of carboxylic acids is 2. The number of carbonyl (C=O) groups is 3. The summed E-state index contributed by atoms with van der Waals surface area (Å²) in [6, 6.07) is 0. The maximum Gasteiger partial charge on any atom is 0.308 e. The predicted octanol–water partition coefficient (Wildman–Crippen LogP) is -1.88. The molecule has 1 amide bonds. The first kappa shape index (κ1) is 19.0. The lowest BCUT2D eigenvalue weighted by molar-refractivity contribution is -0.148. The Labute approximate surface area is 121 Å². The zero-order chi connectivity index (χ0) is 16.4. The number of hydrogen-bond donors (Lipinski definition) is 6. The van der Waals surface area contributed by atoms with Crippen LogP contribution in [0.4, 0.5) is 0 Å². The van der Waals surface area contributed by atoms with Crippen molar-refractivity contribution in [1.82, 2.24) is 10.6 Å². The lowest BCUT2D eigenvalue weighted by Gasteiger charge is -2.11. The van der Waals surface area contributed by atoms with Gasteiger partial charge < -0.3 is 31.1 Å². The molecule has 0 aromatic carbocycles. The quantitative estimate of drug-likeness (QED) is 0.156. The van der Waals surface area contributed by atoms with Gasteiger partial charge in [-0.05, 0) is 12.5 Å². The van der Waals surface area contributed by atoms with Crippen LogP contribution in [0, 0.1) is 5.92 Å². The standard InChI is InChI=1S/C12H20N2O7/c1-7(11(18)19)4-9(15)14-3-2-13-6-8(12(20)21)5-10(16)17/h4,8,11,13,18-19H,2-3,5-6H2,1H3,(H,14,15)(H,16,17)(H,20,21)/b7-4+. The maximum absolute atomic E-state index is 11.3. The van der Waals surface area contributed by atoms with Gasteiger partial charge in [0.05, 0.1) is 12.3 Å². The summed E-state index contributed by atoms with van der Waals surface area (Å²) in [5.74, 6) is -3.95. The molecule has 9 heteroatoms. The molecule has 0 aliphatic carbocycles. The average Bonchev–Trinajstić information content (AvgIpc) is 2.35. The molecule has 0 saturated carbocycles. The molecule has 0 heterocycles. The Morgan fingerprint density at radius 3 is 2.24 bits per heavy atom. The highest BCUT2D eigenvalue weighted by molar-refractivity contribution is 5.88. The first-order valence-electron chi connectivity index (χ1n) is 6.21. The lowest BCUT2D eigenvalue weighted by Crippen LogP contribution is -2.36. The molecule has 0 saturated heterocycles. The fourth-order valence-corrected chi connectivity index (χ4v) is 1.34. The third-order valence-electron chi connectivity index (χ3n) is 2.53. The number of aliphatic hydroxyl groups excluding tert-OH is 1. The molecule has 0 radical (unpaired) electrons. The van der Waals surface area contributed by atoms with Gasteiger partial charge in [-0.3, -0.25) is 14.4 Å². The second-order valence-corrected chi connectivity index (χ2v) is 4.39. The summed E-state index contributed by atoms with van der Waals surface area (Å²) in [5, 5.41) is 40.0. The normalized spacial score (nSPS) is 13.0. The van der Waals surface area contributed by atoms with E-state index in [0.29, 0.717) is 0 Å². The van der Waals surface area contributed by atoms with Crippen molar-refractivity contribution in [2.75, 3.05) is 19.6 Å². The zero-order valence-electron chi connectivity index (χ0n) is 11.6. The number of amides is 1. The number of rotatable bonds is 10. The summed E-state index contributed by atoms with van der Waals surface area (Å²) in [5.41, 5.74) is 0.0906. The van der Waals surface area contributed by atoms with Crippen LogP contribution in [-0.2, 0) is 14.4 Å². The van der Waals surface area contributed by atoms with Crippen molar-refractivity contribution < 1.29 is 34.8 Å². The van der Waals surface area contributed by atoms with Gasteiger partial charge >= 0.3 is 11.9 Å². The number of aliphatic carboxylic acids is 2. The van der Waals surface area contributed by atoms with Crippen molar-refractivity contribution in [1.29, 1.82) is 0 Å². The first-order valence-corrected chi connectivity index (χ1v) is 6.21. The van der Waals surface area contributed by atoms with Gasteiger partial charge in [0.2, 0.25) is 5.91 Å². The molecular weight excluding hydrogens is 284 g/mol. The summed E-state index contributed by atoms with van der Waals surface area (Å²) < 4.78 is 0. The van der Waals surface area contributed by atoms with E-state index in [1.807, 2.05) is 0 Å². The number of carbonyl (C=O) groups excluding carboxylic acids is 1. The Morgan fingerprint density at radius 1 is 1.14 bits per heavy atom. The predicted molar refractivity (Wildman–Crippen MR) is 71.2 cm³/mol. The molecule has 1 atom stereocenters. The van der Waals surface area contributed by atoms with E-state index in [-0.39, 0.29) is 25.2 Å². The van der Waals surface area contributed by atoms with Gasteiger partial charge in [0, 0.05) is 25.7 Å². The summed E-state index contributed by atoms with van der Waals surface area (Å²) in [6.07, 6.45) is -1.14. The largest absolute Gasteiger partial charge is 0.481 e. The summed E-state index contributed by atoms with van der Waals surface area (Å²) in [6.45, 7) is 1.79. The van der Waals surface area contributed by atoms with Crippen molar-refractivity contribution >= 4 is 17.8 Å². The van der Waals surface area contributed by atoms with Crippen LogP contribution in [0.5, 0.6) is 0 Å². The summed E-state index contributed by atoms with van der Waals surface area (Å²) in [4.78, 5) is 32.5. The first-order chi connectivity index (χ1) is 9.73. The molecule has 120 valence electrons.